The van der Waals surface area contributed by atoms with Crippen LogP contribution >= 0.6 is 23.7 Å². The Bertz CT molecular complexity index is 745. The van der Waals surface area contributed by atoms with Crippen LogP contribution in [0.2, 0.25) is 0 Å². The molecule has 1 aromatic carbocycles. The molecule has 146 valence electrons. The summed E-state index contributed by atoms with van der Waals surface area (Å²) in [4.78, 5) is 20.7. The van der Waals surface area contributed by atoms with Gasteiger partial charge >= 0.3 is 0 Å². The molecule has 4 nitrogen and oxygen atoms in total. The molecule has 1 fully saturated rings. The van der Waals surface area contributed by atoms with Crippen LogP contribution in [0.4, 0.5) is 0 Å². The Hall–Kier alpha value is -1.43. The molecule has 27 heavy (non-hydrogen) atoms. The first-order chi connectivity index (χ1) is 12.7. The summed E-state index contributed by atoms with van der Waals surface area (Å²) in [6, 6.07) is 8.18. The van der Waals surface area contributed by atoms with E-state index in [1.165, 1.54) is 35.4 Å². The van der Waals surface area contributed by atoms with E-state index in [1.54, 1.807) is 16.2 Å². The number of amides is 1. The molecule has 0 spiro atoms. The summed E-state index contributed by atoms with van der Waals surface area (Å²) >= 11 is 1.79. The van der Waals surface area contributed by atoms with E-state index in [4.69, 9.17) is 4.98 Å². The molecule has 1 N–H and O–H groups in total. The molecule has 1 saturated heterocycles. The standard InChI is InChI=1S/C21H27N3OS.ClH/c1-24(14-20-23-18-4-2-3-5-19(18)26-20)21(25)17-8-6-15(7-9-17)12-16-10-11-22-13-16;/h6-9,16,22H,2-5,10-14H2,1H3;1H. The molecule has 6 heteroatoms. The second kappa shape index (κ2) is 9.18. The molecule has 1 unspecified atom stereocenters. The van der Waals surface area contributed by atoms with Gasteiger partial charge in [-0.1, -0.05) is 12.1 Å². The Morgan fingerprint density at radius 2 is 2.04 bits per heavy atom. The van der Waals surface area contributed by atoms with E-state index in [-0.39, 0.29) is 18.3 Å². The normalized spacial score (nSPS) is 18.6. The average molecular weight is 406 g/mol. The highest BCUT2D eigenvalue weighted by Gasteiger charge is 2.19. The van der Waals surface area contributed by atoms with Gasteiger partial charge in [0, 0.05) is 17.5 Å². The molecule has 4 rings (SSSR count). The van der Waals surface area contributed by atoms with Crippen LogP contribution in [0.5, 0.6) is 0 Å². The first-order valence-corrected chi connectivity index (χ1v) is 10.5. The largest absolute Gasteiger partial charge is 0.335 e. The third kappa shape index (κ3) is 4.89. The van der Waals surface area contributed by atoms with Crippen LogP contribution in [0.25, 0.3) is 0 Å². The van der Waals surface area contributed by atoms with Gasteiger partial charge in [-0.2, -0.15) is 0 Å². The number of carbonyl (C=O) groups is 1. The SMILES string of the molecule is CN(Cc1nc2c(s1)CCCC2)C(=O)c1ccc(CC2CCNC2)cc1.Cl. The number of thiazole rings is 1. The number of hydrogen-bond donors (Lipinski definition) is 1. The van der Waals surface area contributed by atoms with Crippen molar-refractivity contribution in [3.63, 3.8) is 0 Å². The van der Waals surface area contributed by atoms with E-state index < -0.39 is 0 Å². The van der Waals surface area contributed by atoms with Crippen molar-refractivity contribution < 1.29 is 4.79 Å². The second-order valence-electron chi connectivity index (χ2n) is 7.61. The summed E-state index contributed by atoms with van der Waals surface area (Å²) in [5, 5.41) is 4.48. The van der Waals surface area contributed by atoms with E-state index >= 15 is 0 Å². The van der Waals surface area contributed by atoms with E-state index in [0.717, 1.165) is 48.8 Å². The number of aromatic nitrogens is 1. The van der Waals surface area contributed by atoms with Crippen molar-refractivity contribution in [3.8, 4) is 0 Å². The quantitative estimate of drug-likeness (QED) is 0.821. The summed E-state index contributed by atoms with van der Waals surface area (Å²) in [5.74, 6) is 0.808. The van der Waals surface area contributed by atoms with Gasteiger partial charge in [-0.3, -0.25) is 4.79 Å². The number of rotatable bonds is 5. The Morgan fingerprint density at radius 3 is 2.74 bits per heavy atom. The second-order valence-corrected chi connectivity index (χ2v) is 8.77. The van der Waals surface area contributed by atoms with Gasteiger partial charge in [0.2, 0.25) is 0 Å². The number of carbonyl (C=O) groups excluding carboxylic acids is 1. The summed E-state index contributed by atoms with van der Waals surface area (Å²) < 4.78 is 0. The van der Waals surface area contributed by atoms with Gasteiger partial charge in [0.05, 0.1) is 12.2 Å². The van der Waals surface area contributed by atoms with E-state index in [1.807, 2.05) is 19.2 Å². The monoisotopic (exact) mass is 405 g/mol. The Morgan fingerprint density at radius 1 is 1.26 bits per heavy atom. The molecule has 2 aromatic rings. The van der Waals surface area contributed by atoms with Gasteiger partial charge in [0.15, 0.2) is 0 Å². The fourth-order valence-corrected chi connectivity index (χ4v) is 5.18. The minimum absolute atomic E-state index is 0. The van der Waals surface area contributed by atoms with Gasteiger partial charge in [-0.25, -0.2) is 4.98 Å². The molecular formula is C21H28ClN3OS. The van der Waals surface area contributed by atoms with Crippen molar-refractivity contribution in [3.05, 3.63) is 51.0 Å². The molecule has 1 aliphatic carbocycles. The van der Waals surface area contributed by atoms with Crippen LogP contribution in [-0.2, 0) is 25.8 Å². The highest BCUT2D eigenvalue weighted by molar-refractivity contribution is 7.11. The molecular weight excluding hydrogens is 378 g/mol. The predicted octanol–water partition coefficient (Wildman–Crippen LogP) is 3.87. The van der Waals surface area contributed by atoms with Crippen molar-refractivity contribution in [2.45, 2.75) is 45.1 Å². The zero-order chi connectivity index (χ0) is 17.9. The number of halogens is 1. The molecule has 1 amide bonds. The van der Waals surface area contributed by atoms with Gasteiger partial charge in [-0.05, 0) is 75.2 Å². The lowest BCUT2D eigenvalue weighted by Gasteiger charge is -2.16. The molecule has 0 saturated carbocycles. The first-order valence-electron chi connectivity index (χ1n) is 9.71. The smallest absolute Gasteiger partial charge is 0.253 e. The highest BCUT2D eigenvalue weighted by Crippen LogP contribution is 2.27. The van der Waals surface area contributed by atoms with Gasteiger partial charge < -0.3 is 10.2 Å². The maximum atomic E-state index is 12.7. The lowest BCUT2D eigenvalue weighted by Crippen LogP contribution is -2.26. The minimum atomic E-state index is 0. The molecule has 0 bridgehead atoms. The lowest BCUT2D eigenvalue weighted by atomic mass is 9.98. The number of aryl methyl sites for hydroxylation is 2. The summed E-state index contributed by atoms with van der Waals surface area (Å²) in [5.41, 5.74) is 3.36. The third-order valence-electron chi connectivity index (χ3n) is 5.50. The topological polar surface area (TPSA) is 45.2 Å². The molecule has 1 aromatic heterocycles. The zero-order valence-corrected chi connectivity index (χ0v) is 17.5. The van der Waals surface area contributed by atoms with Gasteiger partial charge in [0.25, 0.3) is 5.91 Å². The van der Waals surface area contributed by atoms with Crippen molar-refractivity contribution >= 4 is 29.7 Å². The number of fused-ring (bicyclic) bond motifs is 1. The van der Waals surface area contributed by atoms with Crippen LogP contribution in [-0.4, -0.2) is 35.9 Å². The predicted molar refractivity (Wildman–Crippen MR) is 113 cm³/mol. The number of benzene rings is 1. The van der Waals surface area contributed by atoms with Crippen LogP contribution in [0, 0.1) is 5.92 Å². The first kappa shape index (κ1) is 20.3. The van der Waals surface area contributed by atoms with E-state index in [9.17, 15) is 4.79 Å². The maximum Gasteiger partial charge on any atom is 0.253 e. The Kier molecular flexibility index (Phi) is 6.90. The number of hydrogen-bond acceptors (Lipinski definition) is 4. The molecule has 2 heterocycles. The van der Waals surface area contributed by atoms with Crippen LogP contribution in [0.15, 0.2) is 24.3 Å². The Balaban J connectivity index is 0.00000210. The van der Waals surface area contributed by atoms with E-state index in [2.05, 4.69) is 17.4 Å². The van der Waals surface area contributed by atoms with Crippen LogP contribution < -0.4 is 5.32 Å². The summed E-state index contributed by atoms with van der Waals surface area (Å²) in [6.07, 6.45) is 7.12. The molecule has 1 atom stereocenters. The van der Waals surface area contributed by atoms with Crippen molar-refractivity contribution in [1.82, 2.24) is 15.2 Å². The molecule has 2 aliphatic rings. The zero-order valence-electron chi connectivity index (χ0n) is 15.9. The third-order valence-corrected chi connectivity index (χ3v) is 6.64. The number of nitrogens with one attached hydrogen (secondary N) is 1. The minimum Gasteiger partial charge on any atom is -0.335 e. The maximum absolute atomic E-state index is 12.7. The Labute approximate surface area is 171 Å². The van der Waals surface area contributed by atoms with Crippen LogP contribution in [0.1, 0.15) is 50.8 Å². The fourth-order valence-electron chi connectivity index (χ4n) is 3.97. The van der Waals surface area contributed by atoms with E-state index in [0.29, 0.717) is 6.54 Å². The average Bonchev–Trinajstić information content (AvgIpc) is 3.30. The van der Waals surface area contributed by atoms with Crippen molar-refractivity contribution in [2.75, 3.05) is 20.1 Å². The van der Waals surface area contributed by atoms with Crippen LogP contribution in [0.3, 0.4) is 0 Å². The molecule has 1 aliphatic heterocycles. The molecule has 0 radical (unpaired) electrons. The van der Waals surface area contributed by atoms with Crippen molar-refractivity contribution in [1.29, 1.82) is 0 Å². The number of nitrogens with zero attached hydrogens (tertiary/aromatic N) is 2. The summed E-state index contributed by atoms with van der Waals surface area (Å²) in [6.45, 7) is 2.85. The fraction of sp³-hybridized carbons (Fsp3) is 0.524. The van der Waals surface area contributed by atoms with Crippen molar-refractivity contribution in [2.24, 2.45) is 5.92 Å². The van der Waals surface area contributed by atoms with Gasteiger partial charge in [0.1, 0.15) is 5.01 Å². The highest BCUT2D eigenvalue weighted by atomic mass is 35.5. The summed E-state index contributed by atoms with van der Waals surface area (Å²) in [7, 11) is 1.88. The lowest BCUT2D eigenvalue weighted by molar-refractivity contribution is 0.0785. The van der Waals surface area contributed by atoms with Gasteiger partial charge in [-0.15, -0.1) is 23.7 Å².